The van der Waals surface area contributed by atoms with E-state index in [1.54, 1.807) is 6.07 Å². The highest BCUT2D eigenvalue weighted by Gasteiger charge is 2.26. The highest BCUT2D eigenvalue weighted by atomic mass is 79.9. The zero-order valence-electron chi connectivity index (χ0n) is 10.4. The average Bonchev–Trinajstić information content (AvgIpc) is 2.37. The van der Waals surface area contributed by atoms with Crippen LogP contribution in [0.1, 0.15) is 23.2 Å². The van der Waals surface area contributed by atoms with E-state index in [9.17, 15) is 18.8 Å². The predicted octanol–water partition coefficient (Wildman–Crippen LogP) is 1.17. The van der Waals surface area contributed by atoms with Gasteiger partial charge in [0.1, 0.15) is 5.82 Å². The van der Waals surface area contributed by atoms with Crippen molar-refractivity contribution >= 4 is 33.5 Å². The van der Waals surface area contributed by atoms with Gasteiger partial charge in [-0.2, -0.15) is 0 Å². The maximum absolute atomic E-state index is 13.6. The van der Waals surface area contributed by atoms with Crippen LogP contribution in [0.3, 0.4) is 0 Å². The van der Waals surface area contributed by atoms with Gasteiger partial charge in [0.25, 0.3) is 0 Å². The van der Waals surface area contributed by atoms with E-state index in [-0.39, 0.29) is 24.4 Å². The minimum Gasteiger partial charge on any atom is -0.299 e. The van der Waals surface area contributed by atoms with Gasteiger partial charge >= 0.3 is 0 Å². The van der Waals surface area contributed by atoms with Crippen LogP contribution in [0, 0.1) is 5.82 Å². The lowest BCUT2D eigenvalue weighted by molar-refractivity contribution is -0.134. The predicted molar refractivity (Wildman–Crippen MR) is 72.6 cm³/mol. The number of ketones is 1. The zero-order chi connectivity index (χ0) is 14.7. The van der Waals surface area contributed by atoms with Crippen molar-refractivity contribution in [2.75, 3.05) is 6.54 Å². The van der Waals surface area contributed by atoms with E-state index >= 15 is 0 Å². The van der Waals surface area contributed by atoms with Gasteiger partial charge in [0, 0.05) is 10.9 Å². The average molecular weight is 343 g/mol. The molecule has 1 aliphatic heterocycles. The van der Waals surface area contributed by atoms with Gasteiger partial charge in [-0.15, -0.1) is 0 Å². The van der Waals surface area contributed by atoms with Crippen LogP contribution in [-0.4, -0.2) is 30.2 Å². The zero-order valence-corrected chi connectivity index (χ0v) is 12.0. The van der Waals surface area contributed by atoms with Crippen LogP contribution < -0.4 is 10.6 Å². The first-order chi connectivity index (χ1) is 9.47. The van der Waals surface area contributed by atoms with Gasteiger partial charge in [-0.25, -0.2) is 4.39 Å². The summed E-state index contributed by atoms with van der Waals surface area (Å²) in [5.74, 6) is -1.84. The Morgan fingerprint density at radius 1 is 1.45 bits per heavy atom. The highest BCUT2D eigenvalue weighted by molar-refractivity contribution is 9.10. The molecule has 0 bridgehead atoms. The van der Waals surface area contributed by atoms with Crippen molar-refractivity contribution in [3.8, 4) is 0 Å². The fraction of sp³-hybridized carbons (Fsp3) is 0.308. The molecule has 1 aliphatic rings. The van der Waals surface area contributed by atoms with Gasteiger partial charge < -0.3 is 0 Å². The first-order valence-corrected chi connectivity index (χ1v) is 6.82. The van der Waals surface area contributed by atoms with E-state index in [1.165, 1.54) is 12.1 Å². The Kier molecular flexibility index (Phi) is 4.61. The third-order valence-corrected chi connectivity index (χ3v) is 3.47. The molecule has 1 heterocycles. The SMILES string of the molecule is O=C1CCC(NCC(=O)c2ccc(Br)cc2F)C(=O)N1. The number of hydrogen-bond donors (Lipinski definition) is 2. The Morgan fingerprint density at radius 2 is 2.20 bits per heavy atom. The molecule has 1 aromatic rings. The molecule has 1 atom stereocenters. The van der Waals surface area contributed by atoms with Crippen molar-refractivity contribution < 1.29 is 18.8 Å². The lowest BCUT2D eigenvalue weighted by Crippen LogP contribution is -2.51. The van der Waals surface area contributed by atoms with Crippen molar-refractivity contribution in [1.29, 1.82) is 0 Å². The molecule has 1 aromatic carbocycles. The molecule has 106 valence electrons. The summed E-state index contributed by atoms with van der Waals surface area (Å²) in [4.78, 5) is 34.3. The molecule has 0 saturated carbocycles. The monoisotopic (exact) mass is 342 g/mol. The van der Waals surface area contributed by atoms with Crippen molar-refractivity contribution in [3.63, 3.8) is 0 Å². The van der Waals surface area contributed by atoms with Gasteiger partial charge in [0.2, 0.25) is 11.8 Å². The summed E-state index contributed by atoms with van der Waals surface area (Å²) >= 11 is 3.11. The van der Waals surface area contributed by atoms with Crippen molar-refractivity contribution in [2.24, 2.45) is 0 Å². The minimum atomic E-state index is -0.616. The number of rotatable bonds is 4. The van der Waals surface area contributed by atoms with Gasteiger partial charge in [-0.05, 0) is 24.6 Å². The van der Waals surface area contributed by atoms with Gasteiger partial charge in [-0.1, -0.05) is 15.9 Å². The first kappa shape index (κ1) is 14.8. The van der Waals surface area contributed by atoms with E-state index in [1.807, 2.05) is 0 Å². The van der Waals surface area contributed by atoms with Crippen LogP contribution in [-0.2, 0) is 9.59 Å². The standard InChI is InChI=1S/C13H12BrFN2O3/c14-7-1-2-8(9(15)5-7)11(18)6-16-10-3-4-12(19)17-13(10)20/h1-2,5,10,16H,3-4,6H2,(H,17,19,20). The smallest absolute Gasteiger partial charge is 0.243 e. The highest BCUT2D eigenvalue weighted by Crippen LogP contribution is 2.15. The molecule has 1 saturated heterocycles. The van der Waals surface area contributed by atoms with E-state index in [4.69, 9.17) is 0 Å². The fourth-order valence-corrected chi connectivity index (χ4v) is 2.25. The number of carbonyl (C=O) groups excluding carboxylic acids is 3. The fourth-order valence-electron chi connectivity index (χ4n) is 1.92. The lowest BCUT2D eigenvalue weighted by atomic mass is 10.1. The quantitative estimate of drug-likeness (QED) is 0.636. The Balaban J connectivity index is 1.95. The molecule has 20 heavy (non-hydrogen) atoms. The summed E-state index contributed by atoms with van der Waals surface area (Å²) in [6.45, 7) is -0.162. The molecule has 5 nitrogen and oxygen atoms in total. The largest absolute Gasteiger partial charge is 0.299 e. The number of Topliss-reactive ketones (excluding diaryl/α,β-unsaturated/α-hetero) is 1. The Labute approximate surface area is 123 Å². The molecule has 0 aliphatic carbocycles. The Hall–Kier alpha value is -1.60. The molecule has 1 fully saturated rings. The number of nitrogens with one attached hydrogen (secondary N) is 2. The number of hydrogen-bond acceptors (Lipinski definition) is 4. The van der Waals surface area contributed by atoms with Crippen LogP contribution in [0.15, 0.2) is 22.7 Å². The van der Waals surface area contributed by atoms with Gasteiger partial charge in [0.05, 0.1) is 18.2 Å². The number of carbonyl (C=O) groups is 3. The van der Waals surface area contributed by atoms with E-state index in [0.29, 0.717) is 10.9 Å². The molecular formula is C13H12BrFN2O3. The molecule has 2 N–H and O–H groups in total. The first-order valence-electron chi connectivity index (χ1n) is 6.02. The number of benzene rings is 1. The van der Waals surface area contributed by atoms with Gasteiger partial charge in [0.15, 0.2) is 5.78 Å². The van der Waals surface area contributed by atoms with E-state index in [0.717, 1.165) is 0 Å². The summed E-state index contributed by atoms with van der Waals surface area (Å²) in [6, 6.07) is 3.56. The Bertz CT molecular complexity index is 577. The van der Waals surface area contributed by atoms with Gasteiger partial charge in [-0.3, -0.25) is 25.0 Å². The maximum atomic E-state index is 13.6. The van der Waals surface area contributed by atoms with Crippen LogP contribution in [0.2, 0.25) is 0 Å². The normalized spacial score (nSPS) is 18.8. The topological polar surface area (TPSA) is 75.3 Å². The summed E-state index contributed by atoms with van der Waals surface area (Å²) in [5, 5.41) is 4.92. The van der Waals surface area contributed by atoms with Crippen molar-refractivity contribution in [3.05, 3.63) is 34.1 Å². The molecule has 1 unspecified atom stereocenters. The second-order valence-corrected chi connectivity index (χ2v) is 5.35. The summed E-state index contributed by atoms with van der Waals surface area (Å²) in [7, 11) is 0. The molecule has 0 radical (unpaired) electrons. The molecule has 0 spiro atoms. The number of piperidine rings is 1. The minimum absolute atomic E-state index is 0.0343. The molecule has 2 rings (SSSR count). The summed E-state index contributed by atoms with van der Waals surface area (Å²) in [6.07, 6.45) is 0.561. The second kappa shape index (κ2) is 6.23. The lowest BCUT2D eigenvalue weighted by Gasteiger charge is -2.21. The third-order valence-electron chi connectivity index (χ3n) is 2.98. The third kappa shape index (κ3) is 3.49. The van der Waals surface area contributed by atoms with Crippen LogP contribution in [0.5, 0.6) is 0 Å². The summed E-state index contributed by atoms with van der Waals surface area (Å²) < 4.78 is 14.1. The van der Waals surface area contributed by atoms with Crippen molar-refractivity contribution in [2.45, 2.75) is 18.9 Å². The number of imide groups is 1. The van der Waals surface area contributed by atoms with Crippen LogP contribution >= 0.6 is 15.9 Å². The van der Waals surface area contributed by atoms with Crippen LogP contribution in [0.4, 0.5) is 4.39 Å². The molecular weight excluding hydrogens is 331 g/mol. The second-order valence-electron chi connectivity index (χ2n) is 4.43. The molecule has 2 amide bonds. The van der Waals surface area contributed by atoms with E-state index in [2.05, 4.69) is 26.6 Å². The van der Waals surface area contributed by atoms with E-state index < -0.39 is 23.5 Å². The van der Waals surface area contributed by atoms with Crippen LogP contribution in [0.25, 0.3) is 0 Å². The molecule has 7 heteroatoms. The molecule has 0 aromatic heterocycles. The van der Waals surface area contributed by atoms with Crippen molar-refractivity contribution in [1.82, 2.24) is 10.6 Å². The number of amides is 2. The summed E-state index contributed by atoms with van der Waals surface area (Å²) in [5.41, 5.74) is -0.0343. The Morgan fingerprint density at radius 3 is 2.85 bits per heavy atom. The number of halogens is 2. The maximum Gasteiger partial charge on any atom is 0.243 e.